The summed E-state index contributed by atoms with van der Waals surface area (Å²) in [6, 6.07) is 3.09. The Balaban J connectivity index is 1.55. The van der Waals surface area contributed by atoms with Crippen molar-refractivity contribution in [3.8, 4) is 0 Å². The highest BCUT2D eigenvalue weighted by atomic mass is 19.4. The number of rotatable bonds is 5. The van der Waals surface area contributed by atoms with Crippen molar-refractivity contribution in [3.05, 3.63) is 23.8 Å². The van der Waals surface area contributed by atoms with Crippen LogP contribution in [0.5, 0.6) is 0 Å². The molecule has 0 radical (unpaired) electrons. The van der Waals surface area contributed by atoms with Crippen LogP contribution >= 0.6 is 0 Å². The minimum atomic E-state index is -4.67. The number of fused-ring (bicyclic) bond motifs is 1. The zero-order valence-corrected chi connectivity index (χ0v) is 14.0. The molecule has 4 unspecified atom stereocenters. The molecule has 1 aromatic rings. The Kier molecular flexibility index (Phi) is 4.75. The van der Waals surface area contributed by atoms with E-state index in [1.54, 1.807) is 0 Å². The van der Waals surface area contributed by atoms with Gasteiger partial charge in [-0.15, -0.1) is 0 Å². The van der Waals surface area contributed by atoms with Gasteiger partial charge in [-0.2, -0.15) is 13.2 Å². The number of esters is 1. The van der Waals surface area contributed by atoms with Crippen LogP contribution < -0.4 is 11.1 Å². The number of ether oxygens (including phenoxy) is 1. The van der Waals surface area contributed by atoms with E-state index in [2.05, 4.69) is 5.32 Å². The second kappa shape index (κ2) is 6.75. The molecular weight excluding hydrogens is 369 g/mol. The molecule has 27 heavy (non-hydrogen) atoms. The summed E-state index contributed by atoms with van der Waals surface area (Å²) in [5.41, 5.74) is 3.49. The molecule has 1 amide bonds. The summed E-state index contributed by atoms with van der Waals surface area (Å²) in [6.07, 6.45) is -3.55. The Labute approximate surface area is 151 Å². The van der Waals surface area contributed by atoms with Gasteiger partial charge in [0.1, 0.15) is 0 Å². The molecule has 2 saturated carbocycles. The van der Waals surface area contributed by atoms with Crippen molar-refractivity contribution in [2.24, 2.45) is 23.7 Å². The molecule has 0 aromatic heterocycles. The molecule has 2 fully saturated rings. The number of alkyl halides is 3. The quantitative estimate of drug-likeness (QED) is 0.527. The fourth-order valence-corrected chi connectivity index (χ4v) is 3.86. The highest BCUT2D eigenvalue weighted by molar-refractivity contribution is 5.96. The molecule has 0 spiro atoms. The maximum atomic E-state index is 12.8. The molecule has 1 aromatic carbocycles. The van der Waals surface area contributed by atoms with Gasteiger partial charge in [-0.05, 0) is 36.8 Å². The summed E-state index contributed by atoms with van der Waals surface area (Å²) >= 11 is 0. The molecule has 7 nitrogen and oxygen atoms in total. The van der Waals surface area contributed by atoms with Gasteiger partial charge in [0, 0.05) is 0 Å². The molecule has 4 atom stereocenters. The number of nitrogens with two attached hydrogens (primary N) is 1. The molecule has 2 aliphatic rings. The number of aliphatic carboxylic acids is 1. The number of carboxylic acids is 1. The van der Waals surface area contributed by atoms with Crippen molar-refractivity contribution in [3.63, 3.8) is 0 Å². The van der Waals surface area contributed by atoms with E-state index in [1.807, 2.05) is 0 Å². The van der Waals surface area contributed by atoms with Gasteiger partial charge >= 0.3 is 18.1 Å². The van der Waals surface area contributed by atoms with Crippen molar-refractivity contribution in [2.45, 2.75) is 19.0 Å². The fourth-order valence-electron chi connectivity index (χ4n) is 3.86. The monoisotopic (exact) mass is 386 g/mol. The maximum absolute atomic E-state index is 12.8. The van der Waals surface area contributed by atoms with E-state index in [4.69, 9.17) is 15.6 Å². The topological polar surface area (TPSA) is 119 Å². The summed E-state index contributed by atoms with van der Waals surface area (Å²) in [7, 11) is 0. The highest BCUT2D eigenvalue weighted by Gasteiger charge is 2.63. The number of anilines is 2. The summed E-state index contributed by atoms with van der Waals surface area (Å²) in [5, 5.41) is 11.2. The number of carboxylic acid groups (broad SMARTS) is 1. The van der Waals surface area contributed by atoms with Gasteiger partial charge in [0.2, 0.25) is 0 Å². The number of hydrogen-bond acceptors (Lipinski definition) is 5. The maximum Gasteiger partial charge on any atom is 0.418 e. The summed E-state index contributed by atoms with van der Waals surface area (Å²) < 4.78 is 43.4. The zero-order chi connectivity index (χ0) is 19.9. The standard InChI is InChI=1S/C17H17F3N2O5/c18-17(19,20)9-2-1-3-10(14(9)21)22-11(23)6-27-16(26)8-5-4-7-12(8)13(7)15(24)25/h1-3,7-8,12-13H,4-6,21H2,(H,22,23)(H,24,25). The number of nitrogen functional groups attached to an aromatic ring is 1. The zero-order valence-electron chi connectivity index (χ0n) is 14.0. The number of halogens is 3. The third-order valence-electron chi connectivity index (χ3n) is 5.12. The predicted molar refractivity (Wildman–Crippen MR) is 86.3 cm³/mol. The predicted octanol–water partition coefficient (Wildman–Crippen LogP) is 2.13. The largest absolute Gasteiger partial charge is 0.481 e. The second-order valence-electron chi connectivity index (χ2n) is 6.71. The van der Waals surface area contributed by atoms with Crippen LogP contribution in [0, 0.1) is 23.7 Å². The normalized spacial score (nSPS) is 26.2. The van der Waals surface area contributed by atoms with Crippen LogP contribution in [0.25, 0.3) is 0 Å². The average Bonchev–Trinajstić information content (AvgIpc) is 3.14. The second-order valence-corrected chi connectivity index (χ2v) is 6.71. The Hall–Kier alpha value is -2.78. The average molecular weight is 386 g/mol. The number of nitrogens with one attached hydrogen (secondary N) is 1. The molecule has 146 valence electrons. The lowest BCUT2D eigenvalue weighted by Crippen LogP contribution is -2.26. The van der Waals surface area contributed by atoms with Gasteiger partial charge in [0.15, 0.2) is 6.61 Å². The van der Waals surface area contributed by atoms with Gasteiger partial charge in [0.25, 0.3) is 5.91 Å². The number of amides is 1. The Bertz CT molecular complexity index is 795. The molecule has 0 aliphatic heterocycles. The van der Waals surface area contributed by atoms with Gasteiger partial charge in [-0.25, -0.2) is 0 Å². The van der Waals surface area contributed by atoms with Gasteiger partial charge < -0.3 is 20.9 Å². The van der Waals surface area contributed by atoms with Crippen LogP contribution in [0.3, 0.4) is 0 Å². The first-order valence-electron chi connectivity index (χ1n) is 8.26. The lowest BCUT2D eigenvalue weighted by atomic mass is 10.0. The van der Waals surface area contributed by atoms with E-state index in [9.17, 15) is 27.6 Å². The van der Waals surface area contributed by atoms with Gasteiger partial charge in [-0.1, -0.05) is 6.07 Å². The van der Waals surface area contributed by atoms with Crippen LogP contribution in [0.2, 0.25) is 0 Å². The van der Waals surface area contributed by atoms with Crippen LogP contribution in [0.15, 0.2) is 18.2 Å². The van der Waals surface area contributed by atoms with Crippen LogP contribution in [-0.2, 0) is 25.3 Å². The first-order valence-corrected chi connectivity index (χ1v) is 8.26. The van der Waals surface area contributed by atoms with Gasteiger partial charge in [-0.3, -0.25) is 14.4 Å². The van der Waals surface area contributed by atoms with E-state index in [1.165, 1.54) is 6.07 Å². The third kappa shape index (κ3) is 3.69. The van der Waals surface area contributed by atoms with E-state index >= 15 is 0 Å². The molecule has 2 aliphatic carbocycles. The number of hydrogen-bond donors (Lipinski definition) is 3. The molecule has 0 bridgehead atoms. The Morgan fingerprint density at radius 2 is 1.96 bits per heavy atom. The minimum absolute atomic E-state index is 0.0289. The Morgan fingerprint density at radius 3 is 2.56 bits per heavy atom. The Morgan fingerprint density at radius 1 is 1.26 bits per heavy atom. The molecule has 0 heterocycles. The molecular formula is C17H17F3N2O5. The molecule has 4 N–H and O–H groups in total. The van der Waals surface area contributed by atoms with E-state index in [0.717, 1.165) is 12.1 Å². The summed E-state index contributed by atoms with van der Waals surface area (Å²) in [4.78, 5) is 35.0. The van der Waals surface area contributed by atoms with Crippen molar-refractivity contribution >= 4 is 29.2 Å². The van der Waals surface area contributed by atoms with Crippen LogP contribution in [-0.4, -0.2) is 29.6 Å². The van der Waals surface area contributed by atoms with Crippen LogP contribution in [0.1, 0.15) is 18.4 Å². The summed E-state index contributed by atoms with van der Waals surface area (Å²) in [6.45, 7) is -0.694. The van der Waals surface area contributed by atoms with E-state index in [0.29, 0.717) is 12.8 Å². The van der Waals surface area contributed by atoms with Crippen molar-refractivity contribution in [1.82, 2.24) is 0 Å². The molecule has 3 rings (SSSR count). The number of benzene rings is 1. The number of carbonyl (C=O) groups excluding carboxylic acids is 2. The minimum Gasteiger partial charge on any atom is -0.481 e. The first-order chi connectivity index (χ1) is 12.6. The van der Waals surface area contributed by atoms with Crippen molar-refractivity contribution < 1.29 is 37.4 Å². The van der Waals surface area contributed by atoms with Crippen LogP contribution in [0.4, 0.5) is 24.5 Å². The van der Waals surface area contributed by atoms with Gasteiger partial charge in [0.05, 0.1) is 28.8 Å². The first kappa shape index (κ1) is 19.0. The number of carbonyl (C=O) groups is 3. The lowest BCUT2D eigenvalue weighted by molar-refractivity contribution is -0.152. The molecule has 10 heteroatoms. The smallest absolute Gasteiger partial charge is 0.418 e. The van der Waals surface area contributed by atoms with E-state index in [-0.39, 0.29) is 17.5 Å². The summed E-state index contributed by atoms with van der Waals surface area (Å²) in [5.74, 6) is -3.86. The van der Waals surface area contributed by atoms with E-state index < -0.39 is 53.7 Å². The fraction of sp³-hybridized carbons (Fsp3) is 0.471. The SMILES string of the molecule is Nc1c(NC(=O)COC(=O)C2CCC3C(C(=O)O)C23)cccc1C(F)(F)F. The molecule has 0 saturated heterocycles. The van der Waals surface area contributed by atoms with Crippen molar-refractivity contribution in [1.29, 1.82) is 0 Å². The highest BCUT2D eigenvalue weighted by Crippen LogP contribution is 2.60. The lowest BCUT2D eigenvalue weighted by Gasteiger charge is -2.15. The number of para-hydroxylation sites is 1. The van der Waals surface area contributed by atoms with Crippen molar-refractivity contribution in [2.75, 3.05) is 17.7 Å². The third-order valence-corrected chi connectivity index (χ3v) is 5.12.